The van der Waals surface area contributed by atoms with Crippen LogP contribution in [0.5, 0.6) is 0 Å². The van der Waals surface area contributed by atoms with Crippen LogP contribution in [0.2, 0.25) is 0 Å². The number of amides is 1. The molecular weight excluding hydrogens is 294 g/mol. The normalized spacial score (nSPS) is 10.3. The van der Waals surface area contributed by atoms with E-state index in [1.807, 2.05) is 25.1 Å². The lowest BCUT2D eigenvalue weighted by Crippen LogP contribution is -2.26. The summed E-state index contributed by atoms with van der Waals surface area (Å²) in [5.74, 6) is 0.820. The van der Waals surface area contributed by atoms with Crippen molar-refractivity contribution in [3.8, 4) is 0 Å². The fourth-order valence-corrected chi connectivity index (χ4v) is 2.11. The largest absolute Gasteiger partial charge is 0.352 e. The van der Waals surface area contributed by atoms with E-state index in [-0.39, 0.29) is 5.91 Å². The number of aryl methyl sites for hydroxylation is 1. The maximum absolute atomic E-state index is 11.9. The van der Waals surface area contributed by atoms with Crippen LogP contribution in [0.25, 0.3) is 0 Å². The van der Waals surface area contributed by atoms with Crippen molar-refractivity contribution in [1.29, 1.82) is 0 Å². The van der Waals surface area contributed by atoms with Crippen LogP contribution in [0.1, 0.15) is 21.9 Å². The molecule has 4 nitrogen and oxygen atoms in total. The smallest absolute Gasteiger partial charge is 0.252 e. The van der Waals surface area contributed by atoms with Crippen molar-refractivity contribution in [2.45, 2.75) is 13.3 Å². The Morgan fingerprint density at radius 3 is 2.89 bits per heavy atom. The topological polar surface area (TPSA) is 57.8 Å². The highest BCUT2D eigenvalue weighted by molar-refractivity contribution is 9.10. The van der Waals surface area contributed by atoms with E-state index in [2.05, 4.69) is 31.2 Å². The standard InChI is InChI=1S/C13H14BrN3O/c1-9-16-8-10(17-9)6-7-15-13(18)11-4-2-3-5-12(11)14/h2-5,8H,6-7H2,1H3,(H,15,18)(H,16,17). The predicted octanol–water partition coefficient (Wildman–Crippen LogP) is 2.45. The zero-order chi connectivity index (χ0) is 13.0. The van der Waals surface area contributed by atoms with E-state index in [0.717, 1.165) is 22.4 Å². The first-order chi connectivity index (χ1) is 8.66. The molecule has 1 heterocycles. The number of nitrogens with one attached hydrogen (secondary N) is 2. The van der Waals surface area contributed by atoms with Crippen LogP contribution in [0.4, 0.5) is 0 Å². The third-order valence-electron chi connectivity index (χ3n) is 2.55. The number of aromatic nitrogens is 2. The molecule has 18 heavy (non-hydrogen) atoms. The van der Waals surface area contributed by atoms with Gasteiger partial charge in [0, 0.05) is 29.3 Å². The maximum Gasteiger partial charge on any atom is 0.252 e. The van der Waals surface area contributed by atoms with Crippen LogP contribution in [0.3, 0.4) is 0 Å². The molecule has 1 aromatic heterocycles. The van der Waals surface area contributed by atoms with Gasteiger partial charge in [-0.25, -0.2) is 4.98 Å². The summed E-state index contributed by atoms with van der Waals surface area (Å²) < 4.78 is 0.805. The van der Waals surface area contributed by atoms with Crippen LogP contribution in [0.15, 0.2) is 34.9 Å². The average Bonchev–Trinajstić information content (AvgIpc) is 2.75. The number of carbonyl (C=O) groups is 1. The molecule has 0 saturated heterocycles. The molecule has 0 aliphatic carbocycles. The average molecular weight is 308 g/mol. The van der Waals surface area contributed by atoms with E-state index >= 15 is 0 Å². The van der Waals surface area contributed by atoms with Crippen molar-refractivity contribution in [2.75, 3.05) is 6.54 Å². The molecule has 1 amide bonds. The van der Waals surface area contributed by atoms with Crippen molar-refractivity contribution in [3.63, 3.8) is 0 Å². The van der Waals surface area contributed by atoms with Gasteiger partial charge in [-0.2, -0.15) is 0 Å². The first kappa shape index (κ1) is 12.8. The van der Waals surface area contributed by atoms with Crippen LogP contribution >= 0.6 is 15.9 Å². The lowest BCUT2D eigenvalue weighted by molar-refractivity contribution is 0.0953. The quantitative estimate of drug-likeness (QED) is 0.911. The van der Waals surface area contributed by atoms with Gasteiger partial charge in [-0.05, 0) is 35.0 Å². The second-order valence-corrected chi connectivity index (χ2v) is 4.83. The van der Waals surface area contributed by atoms with E-state index in [9.17, 15) is 4.79 Å². The number of H-pyrrole nitrogens is 1. The maximum atomic E-state index is 11.9. The summed E-state index contributed by atoms with van der Waals surface area (Å²) in [4.78, 5) is 19.1. The fourth-order valence-electron chi connectivity index (χ4n) is 1.65. The molecule has 0 saturated carbocycles. The van der Waals surface area contributed by atoms with Crippen LogP contribution < -0.4 is 5.32 Å². The fraction of sp³-hybridized carbons (Fsp3) is 0.231. The highest BCUT2D eigenvalue weighted by Gasteiger charge is 2.08. The molecule has 2 aromatic rings. The van der Waals surface area contributed by atoms with Gasteiger partial charge in [0.25, 0.3) is 5.91 Å². The first-order valence-electron chi connectivity index (χ1n) is 5.70. The van der Waals surface area contributed by atoms with Gasteiger partial charge < -0.3 is 10.3 Å². The number of hydrogen-bond donors (Lipinski definition) is 2. The molecule has 0 unspecified atom stereocenters. The number of carbonyl (C=O) groups excluding carboxylic acids is 1. The molecule has 94 valence electrons. The lowest BCUT2D eigenvalue weighted by atomic mass is 10.2. The van der Waals surface area contributed by atoms with Gasteiger partial charge in [-0.3, -0.25) is 4.79 Å². The number of nitrogens with zero attached hydrogens (tertiary/aromatic N) is 1. The Bertz CT molecular complexity index is 551. The second kappa shape index (κ2) is 5.82. The summed E-state index contributed by atoms with van der Waals surface area (Å²) in [6.45, 7) is 2.49. The Balaban J connectivity index is 1.87. The molecule has 0 fully saturated rings. The summed E-state index contributed by atoms with van der Waals surface area (Å²) >= 11 is 3.36. The van der Waals surface area contributed by atoms with Gasteiger partial charge in [0.15, 0.2) is 0 Å². The van der Waals surface area contributed by atoms with E-state index in [4.69, 9.17) is 0 Å². The third kappa shape index (κ3) is 3.20. The minimum absolute atomic E-state index is 0.0706. The van der Waals surface area contributed by atoms with Crippen LogP contribution in [-0.2, 0) is 6.42 Å². The Kier molecular flexibility index (Phi) is 4.15. The molecule has 2 N–H and O–H groups in total. The predicted molar refractivity (Wildman–Crippen MR) is 73.5 cm³/mol. The van der Waals surface area contributed by atoms with Crippen molar-refractivity contribution in [2.24, 2.45) is 0 Å². The highest BCUT2D eigenvalue weighted by atomic mass is 79.9. The molecular formula is C13H14BrN3O. The number of benzene rings is 1. The first-order valence-corrected chi connectivity index (χ1v) is 6.49. The van der Waals surface area contributed by atoms with Crippen LogP contribution in [-0.4, -0.2) is 22.4 Å². The van der Waals surface area contributed by atoms with Gasteiger partial charge >= 0.3 is 0 Å². The van der Waals surface area contributed by atoms with E-state index < -0.39 is 0 Å². The monoisotopic (exact) mass is 307 g/mol. The minimum atomic E-state index is -0.0706. The summed E-state index contributed by atoms with van der Waals surface area (Å²) in [7, 11) is 0. The van der Waals surface area contributed by atoms with E-state index in [1.165, 1.54) is 0 Å². The second-order valence-electron chi connectivity index (χ2n) is 3.98. The summed E-state index contributed by atoms with van der Waals surface area (Å²) in [6.07, 6.45) is 2.54. The van der Waals surface area contributed by atoms with E-state index in [1.54, 1.807) is 12.3 Å². The molecule has 2 rings (SSSR count). The zero-order valence-corrected chi connectivity index (χ0v) is 11.6. The summed E-state index contributed by atoms with van der Waals surface area (Å²) in [5, 5.41) is 2.88. The van der Waals surface area contributed by atoms with Gasteiger partial charge in [0.2, 0.25) is 0 Å². The minimum Gasteiger partial charge on any atom is -0.352 e. The molecule has 0 atom stereocenters. The highest BCUT2D eigenvalue weighted by Crippen LogP contribution is 2.15. The van der Waals surface area contributed by atoms with Crippen molar-refractivity contribution < 1.29 is 4.79 Å². The summed E-state index contributed by atoms with van der Waals surface area (Å²) in [5.41, 5.74) is 1.68. The van der Waals surface area contributed by atoms with Gasteiger partial charge in [0.05, 0.1) is 5.56 Å². The van der Waals surface area contributed by atoms with Gasteiger partial charge in [-0.15, -0.1) is 0 Å². The van der Waals surface area contributed by atoms with Crippen molar-refractivity contribution in [3.05, 3.63) is 52.0 Å². The molecule has 0 radical (unpaired) electrons. The van der Waals surface area contributed by atoms with E-state index in [0.29, 0.717) is 12.1 Å². The Labute approximate surface area is 114 Å². The van der Waals surface area contributed by atoms with Crippen molar-refractivity contribution in [1.82, 2.24) is 15.3 Å². The van der Waals surface area contributed by atoms with Gasteiger partial charge in [-0.1, -0.05) is 12.1 Å². The van der Waals surface area contributed by atoms with Crippen molar-refractivity contribution >= 4 is 21.8 Å². The third-order valence-corrected chi connectivity index (χ3v) is 3.25. The Morgan fingerprint density at radius 2 is 2.22 bits per heavy atom. The molecule has 0 aliphatic heterocycles. The number of rotatable bonds is 4. The molecule has 0 spiro atoms. The molecule has 5 heteroatoms. The van der Waals surface area contributed by atoms with Gasteiger partial charge in [0.1, 0.15) is 5.82 Å². The Hall–Kier alpha value is -1.62. The Morgan fingerprint density at radius 1 is 1.44 bits per heavy atom. The summed E-state index contributed by atoms with van der Waals surface area (Å²) in [6, 6.07) is 7.37. The zero-order valence-electron chi connectivity index (χ0n) is 10.0. The molecule has 0 aliphatic rings. The lowest BCUT2D eigenvalue weighted by Gasteiger charge is -2.05. The SMILES string of the molecule is Cc1ncc(CCNC(=O)c2ccccc2Br)[nH]1. The van der Waals surface area contributed by atoms with Crippen LogP contribution in [0, 0.1) is 6.92 Å². The molecule has 1 aromatic carbocycles. The molecule has 0 bridgehead atoms. The number of halogens is 1. The number of imidazole rings is 1. The number of aromatic amines is 1. The number of hydrogen-bond acceptors (Lipinski definition) is 2.